The number of methoxy groups -OCH3 is 1. The second-order valence-electron chi connectivity index (χ2n) is 5.62. The van der Waals surface area contributed by atoms with Crippen molar-refractivity contribution in [3.63, 3.8) is 0 Å². The van der Waals surface area contributed by atoms with Gasteiger partial charge in [-0.2, -0.15) is 0 Å². The average Bonchev–Trinajstić information content (AvgIpc) is 3.11. The Morgan fingerprint density at radius 2 is 1.84 bits per heavy atom. The number of benzene rings is 2. The smallest absolute Gasteiger partial charge is 0.331 e. The van der Waals surface area contributed by atoms with E-state index in [9.17, 15) is 4.79 Å². The molecule has 0 fully saturated rings. The van der Waals surface area contributed by atoms with Gasteiger partial charge in [-0.1, -0.05) is 42.5 Å². The number of nitrogens with zero attached hydrogens (tertiary/aromatic N) is 1. The molecule has 25 heavy (non-hydrogen) atoms. The van der Waals surface area contributed by atoms with E-state index in [-0.39, 0.29) is 0 Å². The van der Waals surface area contributed by atoms with Crippen LogP contribution in [0.25, 0.3) is 27.4 Å². The molecule has 4 aromatic rings. The van der Waals surface area contributed by atoms with Crippen molar-refractivity contribution in [1.82, 2.24) is 4.98 Å². The summed E-state index contributed by atoms with van der Waals surface area (Å²) in [7, 11) is 1.36. The highest BCUT2D eigenvalue weighted by Gasteiger charge is 2.15. The molecule has 122 valence electrons. The van der Waals surface area contributed by atoms with Crippen LogP contribution in [-0.4, -0.2) is 18.1 Å². The Morgan fingerprint density at radius 3 is 2.64 bits per heavy atom. The van der Waals surface area contributed by atoms with Crippen LogP contribution in [-0.2, 0) is 9.53 Å². The lowest BCUT2D eigenvalue weighted by Gasteiger charge is -2.04. The SMILES string of the molecule is COC(=O)/C=C(/c1ccccc1)c1cc2cnc3ccccc3c2o1. The number of hydrogen-bond donors (Lipinski definition) is 0. The number of furan rings is 1. The first kappa shape index (κ1) is 15.1. The summed E-state index contributed by atoms with van der Waals surface area (Å²) < 4.78 is 10.9. The van der Waals surface area contributed by atoms with Gasteiger partial charge < -0.3 is 9.15 Å². The van der Waals surface area contributed by atoms with Crippen LogP contribution in [0.1, 0.15) is 11.3 Å². The summed E-state index contributed by atoms with van der Waals surface area (Å²) in [6, 6.07) is 19.3. The highest BCUT2D eigenvalue weighted by atomic mass is 16.5. The molecule has 0 spiro atoms. The quantitative estimate of drug-likeness (QED) is 0.407. The molecule has 0 atom stereocenters. The Kier molecular flexibility index (Phi) is 3.78. The highest BCUT2D eigenvalue weighted by molar-refractivity contribution is 6.04. The zero-order valence-corrected chi connectivity index (χ0v) is 13.6. The fourth-order valence-corrected chi connectivity index (χ4v) is 2.85. The van der Waals surface area contributed by atoms with Gasteiger partial charge in [0, 0.05) is 28.6 Å². The highest BCUT2D eigenvalue weighted by Crippen LogP contribution is 2.32. The van der Waals surface area contributed by atoms with Gasteiger partial charge in [-0.05, 0) is 23.8 Å². The predicted octanol–water partition coefficient (Wildman–Crippen LogP) is 4.59. The van der Waals surface area contributed by atoms with Gasteiger partial charge in [0.2, 0.25) is 0 Å². The molecule has 0 aliphatic rings. The maximum absolute atomic E-state index is 11.8. The van der Waals surface area contributed by atoms with Crippen LogP contribution in [0.4, 0.5) is 0 Å². The van der Waals surface area contributed by atoms with Crippen LogP contribution in [0, 0.1) is 0 Å². The number of carbonyl (C=O) groups excluding carboxylic acids is 1. The fraction of sp³-hybridized carbons (Fsp3) is 0.0476. The second-order valence-corrected chi connectivity index (χ2v) is 5.62. The first-order valence-corrected chi connectivity index (χ1v) is 7.89. The topological polar surface area (TPSA) is 52.3 Å². The third-order valence-corrected chi connectivity index (χ3v) is 4.07. The van der Waals surface area contributed by atoms with Crippen molar-refractivity contribution in [3.8, 4) is 0 Å². The number of rotatable bonds is 3. The summed E-state index contributed by atoms with van der Waals surface area (Å²) in [5.41, 5.74) is 3.18. The Labute approximate surface area is 144 Å². The maximum Gasteiger partial charge on any atom is 0.331 e. The minimum atomic E-state index is -0.428. The molecule has 4 rings (SSSR count). The summed E-state index contributed by atoms with van der Waals surface area (Å²) in [5.74, 6) is 0.173. The van der Waals surface area contributed by atoms with E-state index >= 15 is 0 Å². The van der Waals surface area contributed by atoms with E-state index in [4.69, 9.17) is 9.15 Å². The Balaban J connectivity index is 1.94. The molecule has 0 amide bonds. The molecule has 4 heteroatoms. The first-order valence-electron chi connectivity index (χ1n) is 7.89. The van der Waals surface area contributed by atoms with Gasteiger partial charge in [-0.25, -0.2) is 4.79 Å². The summed E-state index contributed by atoms with van der Waals surface area (Å²) in [6.45, 7) is 0. The molecule has 0 aliphatic carbocycles. The Hall–Kier alpha value is -3.40. The van der Waals surface area contributed by atoms with Gasteiger partial charge in [0.25, 0.3) is 0 Å². The van der Waals surface area contributed by atoms with Crippen LogP contribution in [0.3, 0.4) is 0 Å². The van der Waals surface area contributed by atoms with E-state index in [1.165, 1.54) is 13.2 Å². The summed E-state index contributed by atoms with van der Waals surface area (Å²) in [4.78, 5) is 16.3. The summed E-state index contributed by atoms with van der Waals surface area (Å²) in [6.07, 6.45) is 3.23. The number of ether oxygens (including phenoxy) is 1. The van der Waals surface area contributed by atoms with Crippen LogP contribution in [0.15, 0.2) is 77.4 Å². The van der Waals surface area contributed by atoms with Gasteiger partial charge in [0.15, 0.2) is 0 Å². The molecule has 0 saturated heterocycles. The lowest BCUT2D eigenvalue weighted by Crippen LogP contribution is -1.97. The van der Waals surface area contributed by atoms with Crippen LogP contribution >= 0.6 is 0 Å². The minimum absolute atomic E-state index is 0.428. The number of fused-ring (bicyclic) bond motifs is 3. The molecular weight excluding hydrogens is 314 g/mol. The molecule has 0 saturated carbocycles. The molecule has 4 nitrogen and oxygen atoms in total. The predicted molar refractivity (Wildman–Crippen MR) is 97.1 cm³/mol. The maximum atomic E-state index is 11.8. The monoisotopic (exact) mass is 329 g/mol. The van der Waals surface area contributed by atoms with E-state index in [1.54, 1.807) is 6.20 Å². The molecule has 2 heterocycles. The van der Waals surface area contributed by atoms with Crippen molar-refractivity contribution in [3.05, 3.63) is 84.3 Å². The standard InChI is InChI=1S/C21H15NO3/c1-24-20(23)12-17(14-7-3-2-4-8-14)19-11-15-13-22-18-10-6-5-9-16(18)21(15)25-19/h2-13H,1H3/b17-12-. The van der Waals surface area contributed by atoms with Gasteiger partial charge >= 0.3 is 5.97 Å². The number of pyridine rings is 1. The second kappa shape index (κ2) is 6.24. The number of esters is 1. The normalized spacial score (nSPS) is 11.8. The van der Waals surface area contributed by atoms with Gasteiger partial charge in [-0.15, -0.1) is 0 Å². The zero-order valence-electron chi connectivity index (χ0n) is 13.6. The largest absolute Gasteiger partial charge is 0.466 e. The molecule has 2 aromatic carbocycles. The molecule has 0 bridgehead atoms. The fourth-order valence-electron chi connectivity index (χ4n) is 2.85. The number of aromatic nitrogens is 1. The van der Waals surface area contributed by atoms with E-state index in [0.29, 0.717) is 11.3 Å². The van der Waals surface area contributed by atoms with E-state index < -0.39 is 5.97 Å². The van der Waals surface area contributed by atoms with E-state index in [1.807, 2.05) is 60.7 Å². The molecule has 0 aliphatic heterocycles. The van der Waals surface area contributed by atoms with Crippen LogP contribution < -0.4 is 0 Å². The van der Waals surface area contributed by atoms with Crippen LogP contribution in [0.5, 0.6) is 0 Å². The Bertz CT molecular complexity index is 1090. The number of hydrogen-bond acceptors (Lipinski definition) is 4. The average molecular weight is 329 g/mol. The lowest BCUT2D eigenvalue weighted by molar-refractivity contribution is -0.134. The molecule has 0 unspecified atom stereocenters. The zero-order chi connectivity index (χ0) is 17.2. The van der Waals surface area contributed by atoms with Gasteiger partial charge in [0.1, 0.15) is 11.3 Å². The van der Waals surface area contributed by atoms with Crippen molar-refractivity contribution in [2.24, 2.45) is 0 Å². The van der Waals surface area contributed by atoms with E-state index in [2.05, 4.69) is 4.98 Å². The van der Waals surface area contributed by atoms with Crippen LogP contribution in [0.2, 0.25) is 0 Å². The lowest BCUT2D eigenvalue weighted by atomic mass is 10.0. The molecule has 2 aromatic heterocycles. The van der Waals surface area contributed by atoms with Crippen molar-refractivity contribution in [1.29, 1.82) is 0 Å². The number of para-hydroxylation sites is 1. The first-order chi connectivity index (χ1) is 12.3. The molecule has 0 N–H and O–H groups in total. The van der Waals surface area contributed by atoms with Crippen molar-refractivity contribution in [2.75, 3.05) is 7.11 Å². The van der Waals surface area contributed by atoms with Gasteiger partial charge in [0.05, 0.1) is 12.6 Å². The third kappa shape index (κ3) is 2.78. The third-order valence-electron chi connectivity index (χ3n) is 4.07. The summed E-state index contributed by atoms with van der Waals surface area (Å²) >= 11 is 0. The van der Waals surface area contributed by atoms with E-state index in [0.717, 1.165) is 27.4 Å². The Morgan fingerprint density at radius 1 is 1.08 bits per heavy atom. The summed E-state index contributed by atoms with van der Waals surface area (Å²) in [5, 5.41) is 1.83. The van der Waals surface area contributed by atoms with Crippen molar-refractivity contribution < 1.29 is 13.9 Å². The van der Waals surface area contributed by atoms with Gasteiger partial charge in [-0.3, -0.25) is 4.98 Å². The molecule has 0 radical (unpaired) electrons. The van der Waals surface area contributed by atoms with Crippen molar-refractivity contribution in [2.45, 2.75) is 0 Å². The minimum Gasteiger partial charge on any atom is -0.466 e. The number of carbonyl (C=O) groups is 1. The molecular formula is C21H15NO3. The van der Waals surface area contributed by atoms with Crippen molar-refractivity contribution >= 4 is 33.4 Å².